The average molecular weight is 441 g/mol. The number of methoxy groups -OCH3 is 3. The van der Waals surface area contributed by atoms with E-state index in [2.05, 4.69) is 20.4 Å². The maximum Gasteiger partial charge on any atom is 0.272 e. The van der Waals surface area contributed by atoms with Crippen LogP contribution in [0.2, 0.25) is 0 Å². The van der Waals surface area contributed by atoms with Crippen molar-refractivity contribution in [3.63, 3.8) is 0 Å². The summed E-state index contributed by atoms with van der Waals surface area (Å²) in [6.45, 7) is 0. The largest absolute Gasteiger partial charge is 0.508 e. The highest BCUT2D eigenvalue weighted by Crippen LogP contribution is 2.42. The SMILES string of the molecule is COc1cc(Nc2nc(N)c(-c3nc(-c4cccc(O)c4)no3)s2)cc(OC)c1OC. The van der Waals surface area contributed by atoms with Crippen LogP contribution in [0.15, 0.2) is 40.9 Å². The molecule has 4 N–H and O–H groups in total. The number of nitrogens with two attached hydrogens (primary N) is 1. The van der Waals surface area contributed by atoms with Crippen LogP contribution < -0.4 is 25.3 Å². The van der Waals surface area contributed by atoms with E-state index in [1.807, 2.05) is 0 Å². The number of rotatable bonds is 7. The van der Waals surface area contributed by atoms with Crippen molar-refractivity contribution in [1.82, 2.24) is 15.1 Å². The zero-order valence-electron chi connectivity index (χ0n) is 16.9. The van der Waals surface area contributed by atoms with Crippen molar-refractivity contribution in [3.05, 3.63) is 36.4 Å². The molecule has 2 heterocycles. The fourth-order valence-electron chi connectivity index (χ4n) is 2.89. The molecular weight excluding hydrogens is 422 g/mol. The third-order valence-electron chi connectivity index (χ3n) is 4.29. The lowest BCUT2D eigenvalue weighted by molar-refractivity contribution is 0.324. The minimum atomic E-state index is 0.109. The van der Waals surface area contributed by atoms with Gasteiger partial charge in [-0.25, -0.2) is 4.98 Å². The van der Waals surface area contributed by atoms with E-state index in [0.29, 0.717) is 44.3 Å². The Balaban J connectivity index is 1.62. The van der Waals surface area contributed by atoms with E-state index >= 15 is 0 Å². The van der Waals surface area contributed by atoms with E-state index in [4.69, 9.17) is 24.5 Å². The van der Waals surface area contributed by atoms with Crippen LogP contribution in [0.25, 0.3) is 22.2 Å². The Morgan fingerprint density at radius 3 is 2.42 bits per heavy atom. The highest BCUT2D eigenvalue weighted by Gasteiger charge is 2.19. The molecule has 0 unspecified atom stereocenters. The fourth-order valence-corrected chi connectivity index (χ4v) is 3.72. The van der Waals surface area contributed by atoms with Crippen molar-refractivity contribution in [3.8, 4) is 45.2 Å². The van der Waals surface area contributed by atoms with Gasteiger partial charge in [-0.15, -0.1) is 0 Å². The predicted molar refractivity (Wildman–Crippen MR) is 116 cm³/mol. The maximum absolute atomic E-state index is 9.65. The molecule has 0 radical (unpaired) electrons. The molecule has 0 bridgehead atoms. The normalized spacial score (nSPS) is 10.7. The van der Waals surface area contributed by atoms with Gasteiger partial charge in [0.2, 0.25) is 11.6 Å². The van der Waals surface area contributed by atoms with Crippen LogP contribution in [0.4, 0.5) is 16.6 Å². The second-order valence-electron chi connectivity index (χ2n) is 6.25. The number of phenols is 1. The smallest absolute Gasteiger partial charge is 0.272 e. The summed E-state index contributed by atoms with van der Waals surface area (Å²) in [5, 5.41) is 17.3. The van der Waals surface area contributed by atoms with Gasteiger partial charge in [-0.05, 0) is 12.1 Å². The molecule has 0 fully saturated rings. The minimum absolute atomic E-state index is 0.109. The van der Waals surface area contributed by atoms with Gasteiger partial charge in [0.25, 0.3) is 5.89 Å². The van der Waals surface area contributed by atoms with Crippen LogP contribution in [0, 0.1) is 0 Å². The Kier molecular flexibility index (Phi) is 5.50. The molecule has 0 spiro atoms. The summed E-state index contributed by atoms with van der Waals surface area (Å²) in [5.74, 6) is 2.40. The third kappa shape index (κ3) is 4.03. The Labute approximate surface area is 181 Å². The van der Waals surface area contributed by atoms with Gasteiger partial charge in [0.1, 0.15) is 16.4 Å². The molecule has 4 aromatic rings. The van der Waals surface area contributed by atoms with E-state index in [1.54, 1.807) is 50.6 Å². The lowest BCUT2D eigenvalue weighted by atomic mass is 10.2. The first-order valence-corrected chi connectivity index (χ1v) is 9.80. The highest BCUT2D eigenvalue weighted by atomic mass is 32.1. The summed E-state index contributed by atoms with van der Waals surface area (Å²) in [4.78, 5) is 9.23. The number of anilines is 3. The first-order chi connectivity index (χ1) is 15.0. The van der Waals surface area contributed by atoms with Gasteiger partial charge >= 0.3 is 0 Å². The first-order valence-electron chi connectivity index (χ1n) is 8.99. The summed E-state index contributed by atoms with van der Waals surface area (Å²) in [6, 6.07) is 10.1. The van der Waals surface area contributed by atoms with Crippen LogP contribution >= 0.6 is 11.3 Å². The molecule has 0 aliphatic rings. The number of aromatic hydroxyl groups is 1. The van der Waals surface area contributed by atoms with Gasteiger partial charge in [-0.1, -0.05) is 28.6 Å². The molecule has 0 amide bonds. The van der Waals surface area contributed by atoms with Crippen LogP contribution in [0.5, 0.6) is 23.0 Å². The van der Waals surface area contributed by atoms with Gasteiger partial charge in [-0.2, -0.15) is 4.98 Å². The molecule has 0 saturated heterocycles. The minimum Gasteiger partial charge on any atom is -0.508 e. The van der Waals surface area contributed by atoms with Gasteiger partial charge in [0, 0.05) is 23.4 Å². The lowest BCUT2D eigenvalue weighted by Gasteiger charge is -2.14. The van der Waals surface area contributed by atoms with Crippen LogP contribution in [0.3, 0.4) is 0 Å². The number of hydrogen-bond acceptors (Lipinski definition) is 11. The Bertz CT molecular complexity index is 1200. The van der Waals surface area contributed by atoms with Crippen molar-refractivity contribution in [2.75, 3.05) is 32.4 Å². The third-order valence-corrected chi connectivity index (χ3v) is 5.27. The van der Waals surface area contributed by atoms with Gasteiger partial charge in [-0.3, -0.25) is 0 Å². The second-order valence-corrected chi connectivity index (χ2v) is 7.24. The van der Waals surface area contributed by atoms with E-state index in [0.717, 1.165) is 0 Å². The second kappa shape index (κ2) is 8.40. The molecular formula is C20H19N5O5S. The zero-order chi connectivity index (χ0) is 22.0. The summed E-state index contributed by atoms with van der Waals surface area (Å²) >= 11 is 1.25. The number of ether oxygens (including phenoxy) is 3. The highest BCUT2D eigenvalue weighted by molar-refractivity contribution is 7.19. The Hall–Kier alpha value is -3.99. The number of hydrogen-bond donors (Lipinski definition) is 3. The van der Waals surface area contributed by atoms with Crippen molar-refractivity contribution in [2.24, 2.45) is 0 Å². The van der Waals surface area contributed by atoms with Crippen molar-refractivity contribution < 1.29 is 23.8 Å². The summed E-state index contributed by atoms with van der Waals surface area (Å²) < 4.78 is 21.4. The number of nitrogen functional groups attached to an aromatic ring is 1. The molecule has 0 saturated carbocycles. The van der Waals surface area contributed by atoms with E-state index in [9.17, 15) is 5.11 Å². The number of nitrogens with one attached hydrogen (secondary N) is 1. The number of thiazole rings is 1. The molecule has 11 heteroatoms. The topological polar surface area (TPSA) is 138 Å². The Morgan fingerprint density at radius 2 is 1.77 bits per heavy atom. The molecule has 10 nitrogen and oxygen atoms in total. The van der Waals surface area contributed by atoms with Crippen LogP contribution in [0.1, 0.15) is 0 Å². The van der Waals surface area contributed by atoms with Gasteiger partial charge < -0.3 is 34.9 Å². The lowest BCUT2D eigenvalue weighted by Crippen LogP contribution is -1.97. The molecule has 2 aromatic carbocycles. The Morgan fingerprint density at radius 1 is 1.03 bits per heavy atom. The standard InChI is InChI=1S/C20H19N5O5S/c1-27-13-8-11(9-14(28-2)15(13)29-3)22-20-23-17(21)16(31-20)19-24-18(25-30-19)10-5-4-6-12(26)7-10/h4-9,26H,21H2,1-3H3,(H,22,23). The summed E-state index contributed by atoms with van der Waals surface area (Å²) in [5.41, 5.74) is 7.37. The number of benzene rings is 2. The molecule has 4 rings (SSSR count). The van der Waals surface area contributed by atoms with Gasteiger partial charge in [0.15, 0.2) is 16.6 Å². The zero-order valence-corrected chi connectivity index (χ0v) is 17.7. The van der Waals surface area contributed by atoms with E-state index < -0.39 is 0 Å². The number of aromatic nitrogens is 3. The van der Waals surface area contributed by atoms with E-state index in [1.165, 1.54) is 18.4 Å². The summed E-state index contributed by atoms with van der Waals surface area (Å²) in [6.07, 6.45) is 0. The quantitative estimate of drug-likeness (QED) is 0.387. The number of nitrogens with zero attached hydrogens (tertiary/aromatic N) is 3. The fraction of sp³-hybridized carbons (Fsp3) is 0.150. The molecule has 2 aromatic heterocycles. The van der Waals surface area contributed by atoms with Gasteiger partial charge in [0.05, 0.1) is 21.3 Å². The van der Waals surface area contributed by atoms with Crippen molar-refractivity contribution in [2.45, 2.75) is 0 Å². The maximum atomic E-state index is 9.65. The first kappa shape index (κ1) is 20.3. The van der Waals surface area contributed by atoms with Crippen molar-refractivity contribution >= 4 is 28.0 Å². The van der Waals surface area contributed by atoms with Crippen molar-refractivity contribution in [1.29, 1.82) is 0 Å². The molecule has 0 aliphatic heterocycles. The average Bonchev–Trinajstić information content (AvgIpc) is 3.39. The number of phenolic OH excluding ortho intramolecular Hbond substituents is 1. The van der Waals surface area contributed by atoms with E-state index in [-0.39, 0.29) is 17.5 Å². The monoisotopic (exact) mass is 441 g/mol. The summed E-state index contributed by atoms with van der Waals surface area (Å²) in [7, 11) is 4.62. The molecule has 160 valence electrons. The molecule has 0 aliphatic carbocycles. The molecule has 0 atom stereocenters. The van der Waals surface area contributed by atoms with Crippen LogP contribution in [-0.4, -0.2) is 41.6 Å². The van der Waals surface area contributed by atoms with Crippen LogP contribution in [-0.2, 0) is 0 Å². The predicted octanol–water partition coefficient (Wildman–Crippen LogP) is 3.92. The molecule has 31 heavy (non-hydrogen) atoms.